The molecule has 2 heterocycles. The normalized spacial score (nSPS) is 11.1. The Morgan fingerprint density at radius 1 is 1.10 bits per heavy atom. The van der Waals surface area contributed by atoms with Gasteiger partial charge in [-0.05, 0) is 45.0 Å². The molecule has 0 saturated carbocycles. The molecule has 0 unspecified atom stereocenters. The molecule has 42 heavy (non-hydrogen) atoms. The number of hydrogen-bond donors (Lipinski definition) is 3. The van der Waals surface area contributed by atoms with Crippen molar-refractivity contribution in [2.24, 2.45) is 0 Å². The van der Waals surface area contributed by atoms with Crippen LogP contribution in [-0.4, -0.2) is 71.7 Å². The highest BCUT2D eigenvalue weighted by Crippen LogP contribution is 2.38. The van der Waals surface area contributed by atoms with Crippen molar-refractivity contribution < 1.29 is 19.1 Å². The highest BCUT2D eigenvalue weighted by Gasteiger charge is 2.21. The van der Waals surface area contributed by atoms with E-state index in [-0.39, 0.29) is 5.91 Å². The quantitative estimate of drug-likeness (QED) is 0.204. The summed E-state index contributed by atoms with van der Waals surface area (Å²) < 4.78 is 11.2. The van der Waals surface area contributed by atoms with Crippen molar-refractivity contribution in [3.8, 4) is 17.0 Å². The van der Waals surface area contributed by atoms with E-state index in [2.05, 4.69) is 27.2 Å². The minimum absolute atomic E-state index is 0.358. The number of rotatable bonds is 10. The molecule has 0 spiro atoms. The van der Waals surface area contributed by atoms with E-state index in [4.69, 9.17) is 14.5 Å². The molecule has 3 N–H and O–H groups in total. The van der Waals surface area contributed by atoms with Crippen LogP contribution in [0, 0.1) is 0 Å². The number of carbonyl (C=O) groups is 2. The first-order valence-corrected chi connectivity index (χ1v) is 13.5. The summed E-state index contributed by atoms with van der Waals surface area (Å²) in [6, 6.07) is 13.4. The fraction of sp³-hybridized carbons (Fsp3) is 0.290. The summed E-state index contributed by atoms with van der Waals surface area (Å²) >= 11 is 0. The zero-order valence-electron chi connectivity index (χ0n) is 24.8. The number of nitrogens with one attached hydrogen (secondary N) is 3. The van der Waals surface area contributed by atoms with Gasteiger partial charge in [0.05, 0.1) is 29.9 Å². The van der Waals surface area contributed by atoms with E-state index >= 15 is 0 Å². The van der Waals surface area contributed by atoms with Crippen molar-refractivity contribution in [3.05, 3.63) is 67.5 Å². The van der Waals surface area contributed by atoms with Crippen molar-refractivity contribution in [2.75, 3.05) is 49.8 Å². The lowest BCUT2D eigenvalue weighted by molar-refractivity contribution is -0.111. The molecule has 2 aromatic carbocycles. The Kier molecular flexibility index (Phi) is 8.99. The van der Waals surface area contributed by atoms with Gasteiger partial charge in [-0.1, -0.05) is 24.8 Å². The van der Waals surface area contributed by atoms with Crippen LogP contribution in [-0.2, 0) is 9.53 Å². The average Bonchev–Trinajstić information content (AvgIpc) is 3.39. The third-order valence-electron chi connectivity index (χ3n) is 6.42. The van der Waals surface area contributed by atoms with E-state index in [1.807, 2.05) is 69.2 Å². The van der Waals surface area contributed by atoms with Crippen molar-refractivity contribution in [2.45, 2.75) is 26.4 Å². The molecule has 4 aromatic rings. The molecule has 4 rings (SSSR count). The summed E-state index contributed by atoms with van der Waals surface area (Å²) in [6.07, 6.45) is 4.39. The first-order chi connectivity index (χ1) is 20.0. The largest absolute Gasteiger partial charge is 0.494 e. The number of nitrogens with zero attached hydrogens (tertiary/aromatic N) is 4. The number of hydrogen-bond acceptors (Lipinski definition) is 8. The monoisotopic (exact) mass is 571 g/mol. The Morgan fingerprint density at radius 2 is 1.86 bits per heavy atom. The lowest BCUT2D eigenvalue weighted by atomic mass is 10.1. The number of carbonyl (C=O) groups excluding carboxylic acids is 2. The van der Waals surface area contributed by atoms with Gasteiger partial charge in [-0.15, -0.1) is 0 Å². The number of likely N-dealkylation sites (N-methyl/N-ethyl adjacent to an activating group) is 2. The van der Waals surface area contributed by atoms with E-state index < -0.39 is 11.7 Å². The number of aromatic nitrogens is 3. The van der Waals surface area contributed by atoms with Gasteiger partial charge in [0.25, 0.3) is 0 Å². The van der Waals surface area contributed by atoms with Crippen LogP contribution >= 0.6 is 0 Å². The van der Waals surface area contributed by atoms with Gasteiger partial charge in [-0.3, -0.25) is 4.79 Å². The van der Waals surface area contributed by atoms with Crippen LogP contribution in [0.15, 0.2) is 67.5 Å². The average molecular weight is 572 g/mol. The number of methoxy groups -OCH3 is 1. The lowest BCUT2D eigenvalue weighted by Crippen LogP contribution is -2.38. The smallest absolute Gasteiger partial charge is 0.410 e. The van der Waals surface area contributed by atoms with Crippen LogP contribution in [0.5, 0.6) is 5.75 Å². The maximum atomic E-state index is 12.4. The standard InChI is InChI=1S/C31H37N7O4/c1-8-28(39)34-24-17-25(27(41-7)18-26(24)37(5)15-16-38(6)30(40)42-31(2,3)4)36-29-32-14-13-23(35-29)21-19-33-22-12-10-9-11-20(21)22/h8-14,17-19,33H,1,15-16H2,2-7H3,(H,34,39)(H,32,35,36). The fourth-order valence-corrected chi connectivity index (χ4v) is 4.26. The van der Waals surface area contributed by atoms with Crippen LogP contribution in [0.1, 0.15) is 20.8 Å². The third kappa shape index (κ3) is 7.17. The number of ether oxygens (including phenoxy) is 2. The second-order valence-corrected chi connectivity index (χ2v) is 10.7. The van der Waals surface area contributed by atoms with Crippen molar-refractivity contribution >= 4 is 45.9 Å². The number of benzene rings is 2. The van der Waals surface area contributed by atoms with Gasteiger partial charge < -0.3 is 34.9 Å². The number of para-hydroxylation sites is 1. The maximum absolute atomic E-state index is 12.4. The minimum Gasteiger partial charge on any atom is -0.494 e. The third-order valence-corrected chi connectivity index (χ3v) is 6.42. The molecule has 11 nitrogen and oxygen atoms in total. The van der Waals surface area contributed by atoms with Crippen molar-refractivity contribution in [1.29, 1.82) is 0 Å². The van der Waals surface area contributed by atoms with Crippen molar-refractivity contribution in [1.82, 2.24) is 19.9 Å². The molecular weight excluding hydrogens is 534 g/mol. The molecule has 11 heteroatoms. The molecule has 0 aliphatic carbocycles. The van der Waals surface area contributed by atoms with E-state index in [0.717, 1.165) is 22.2 Å². The van der Waals surface area contributed by atoms with E-state index in [1.165, 1.54) is 11.0 Å². The maximum Gasteiger partial charge on any atom is 0.410 e. The van der Waals surface area contributed by atoms with Crippen LogP contribution in [0.25, 0.3) is 22.2 Å². The van der Waals surface area contributed by atoms with E-state index in [0.29, 0.717) is 41.8 Å². The molecule has 0 fully saturated rings. The first-order valence-electron chi connectivity index (χ1n) is 13.5. The molecule has 0 bridgehead atoms. The van der Waals surface area contributed by atoms with Gasteiger partial charge in [-0.2, -0.15) is 0 Å². The Labute approximate surface area is 245 Å². The summed E-state index contributed by atoms with van der Waals surface area (Å²) in [5.41, 5.74) is 3.87. The Morgan fingerprint density at radius 3 is 2.57 bits per heavy atom. The minimum atomic E-state index is -0.589. The lowest BCUT2D eigenvalue weighted by Gasteiger charge is -2.28. The molecule has 220 valence electrons. The predicted molar refractivity (Wildman–Crippen MR) is 167 cm³/mol. The number of anilines is 4. The number of fused-ring (bicyclic) bond motifs is 1. The van der Waals surface area contributed by atoms with Crippen LogP contribution < -0.4 is 20.3 Å². The molecule has 0 aliphatic rings. The van der Waals surface area contributed by atoms with Crippen LogP contribution in [0.3, 0.4) is 0 Å². The zero-order valence-corrected chi connectivity index (χ0v) is 24.8. The summed E-state index contributed by atoms with van der Waals surface area (Å²) in [5, 5.41) is 7.16. The van der Waals surface area contributed by atoms with Gasteiger partial charge in [0, 0.05) is 62.1 Å². The van der Waals surface area contributed by atoms with Gasteiger partial charge in [0.15, 0.2) is 0 Å². The van der Waals surface area contributed by atoms with Gasteiger partial charge in [-0.25, -0.2) is 14.8 Å². The fourth-order valence-electron chi connectivity index (χ4n) is 4.26. The van der Waals surface area contributed by atoms with Gasteiger partial charge >= 0.3 is 6.09 Å². The Balaban J connectivity index is 1.61. The van der Waals surface area contributed by atoms with Crippen LogP contribution in [0.2, 0.25) is 0 Å². The first kappa shape index (κ1) is 29.9. The highest BCUT2D eigenvalue weighted by molar-refractivity contribution is 6.02. The molecular formula is C31H37N7O4. The summed E-state index contributed by atoms with van der Waals surface area (Å²) in [7, 11) is 5.11. The SMILES string of the molecule is C=CC(=O)Nc1cc(Nc2nccc(-c3c[nH]c4ccccc34)n2)c(OC)cc1N(C)CCN(C)C(=O)OC(C)(C)C. The summed E-state index contributed by atoms with van der Waals surface area (Å²) in [6.45, 7) is 9.89. The highest BCUT2D eigenvalue weighted by atomic mass is 16.6. The van der Waals surface area contributed by atoms with E-state index in [1.54, 1.807) is 32.5 Å². The Bertz CT molecular complexity index is 1590. The van der Waals surface area contributed by atoms with Gasteiger partial charge in [0.1, 0.15) is 11.4 Å². The molecule has 0 aliphatic heterocycles. The van der Waals surface area contributed by atoms with Crippen molar-refractivity contribution in [3.63, 3.8) is 0 Å². The molecule has 2 aromatic heterocycles. The molecule has 0 atom stereocenters. The van der Waals surface area contributed by atoms with Gasteiger partial charge in [0.2, 0.25) is 11.9 Å². The van der Waals surface area contributed by atoms with Crippen LogP contribution in [0.4, 0.5) is 27.8 Å². The predicted octanol–water partition coefficient (Wildman–Crippen LogP) is 5.80. The molecule has 2 amide bonds. The molecule has 0 saturated heterocycles. The second kappa shape index (κ2) is 12.6. The Hall–Kier alpha value is -5.06. The number of amides is 2. The summed E-state index contributed by atoms with van der Waals surface area (Å²) in [4.78, 5) is 40.6. The number of aromatic amines is 1. The van der Waals surface area contributed by atoms with E-state index in [9.17, 15) is 9.59 Å². The summed E-state index contributed by atoms with van der Waals surface area (Å²) in [5.74, 6) is 0.497. The topological polar surface area (TPSA) is 125 Å². The number of H-pyrrole nitrogens is 1. The second-order valence-electron chi connectivity index (χ2n) is 10.7. The molecule has 0 radical (unpaired) electrons. The zero-order chi connectivity index (χ0) is 30.4.